The predicted molar refractivity (Wildman–Crippen MR) is 60.7 cm³/mol. The number of rotatable bonds is 1. The van der Waals surface area contributed by atoms with E-state index in [9.17, 15) is 13.6 Å². The summed E-state index contributed by atoms with van der Waals surface area (Å²) in [6.45, 7) is 0.406. The summed E-state index contributed by atoms with van der Waals surface area (Å²) < 4.78 is 26.0. The lowest BCUT2D eigenvalue weighted by molar-refractivity contribution is -0.142. The highest BCUT2D eigenvalue weighted by Crippen LogP contribution is 2.30. The molecule has 0 aromatic carbocycles. The molecule has 5 heteroatoms. The van der Waals surface area contributed by atoms with Crippen molar-refractivity contribution in [2.75, 3.05) is 13.1 Å². The molecule has 1 aliphatic carbocycles. The highest BCUT2D eigenvalue weighted by molar-refractivity contribution is 5.79. The average molecular weight is 246 g/mol. The molecule has 98 valence electrons. The summed E-state index contributed by atoms with van der Waals surface area (Å²) in [4.78, 5) is 13.7. The van der Waals surface area contributed by atoms with Gasteiger partial charge < -0.3 is 10.6 Å². The molecule has 1 heterocycles. The number of halogens is 2. The number of hydrogen-bond acceptors (Lipinski definition) is 2. The van der Waals surface area contributed by atoms with E-state index in [1.54, 1.807) is 4.90 Å². The van der Waals surface area contributed by atoms with Gasteiger partial charge in [-0.25, -0.2) is 8.78 Å². The van der Waals surface area contributed by atoms with Gasteiger partial charge in [0.25, 0.3) is 5.92 Å². The fourth-order valence-electron chi connectivity index (χ4n) is 2.68. The minimum atomic E-state index is -2.58. The standard InChI is InChI=1S/C12H20F2N2O/c13-12(14)5-7-16(8-6-12)11(17)9-1-3-10(15)4-2-9/h9-10H,1-8,15H2. The Labute approximate surface area is 100 Å². The third-order valence-electron chi connectivity index (χ3n) is 3.93. The third-order valence-corrected chi connectivity index (χ3v) is 3.93. The van der Waals surface area contributed by atoms with Crippen molar-refractivity contribution in [3.63, 3.8) is 0 Å². The van der Waals surface area contributed by atoms with Crippen molar-refractivity contribution in [2.24, 2.45) is 11.7 Å². The van der Waals surface area contributed by atoms with Crippen LogP contribution in [0.25, 0.3) is 0 Å². The molecule has 2 fully saturated rings. The zero-order valence-electron chi connectivity index (χ0n) is 10.0. The van der Waals surface area contributed by atoms with E-state index in [0.717, 1.165) is 25.7 Å². The summed E-state index contributed by atoms with van der Waals surface area (Å²) in [6, 6.07) is 0.213. The largest absolute Gasteiger partial charge is 0.342 e. The predicted octanol–water partition coefficient (Wildman–Crippen LogP) is 1.76. The first-order valence-corrected chi connectivity index (χ1v) is 6.40. The van der Waals surface area contributed by atoms with Crippen molar-refractivity contribution in [3.8, 4) is 0 Å². The topological polar surface area (TPSA) is 46.3 Å². The van der Waals surface area contributed by atoms with E-state index in [0.29, 0.717) is 0 Å². The fourth-order valence-corrected chi connectivity index (χ4v) is 2.68. The second-order valence-corrected chi connectivity index (χ2v) is 5.29. The van der Waals surface area contributed by atoms with Crippen LogP contribution in [0.4, 0.5) is 8.78 Å². The number of carbonyl (C=O) groups is 1. The number of nitrogens with zero attached hydrogens (tertiary/aromatic N) is 1. The van der Waals surface area contributed by atoms with E-state index < -0.39 is 5.92 Å². The number of hydrogen-bond donors (Lipinski definition) is 1. The molecule has 2 rings (SSSR count). The summed E-state index contributed by atoms with van der Waals surface area (Å²) in [7, 11) is 0. The van der Waals surface area contributed by atoms with Crippen molar-refractivity contribution in [1.82, 2.24) is 4.90 Å². The van der Waals surface area contributed by atoms with E-state index in [2.05, 4.69) is 0 Å². The highest BCUT2D eigenvalue weighted by atomic mass is 19.3. The summed E-state index contributed by atoms with van der Waals surface area (Å²) in [5.74, 6) is -2.50. The quantitative estimate of drug-likeness (QED) is 0.766. The monoisotopic (exact) mass is 246 g/mol. The normalized spacial score (nSPS) is 33.5. The molecule has 1 amide bonds. The number of piperidine rings is 1. The van der Waals surface area contributed by atoms with Gasteiger partial charge in [-0.2, -0.15) is 0 Å². The molecular weight excluding hydrogens is 226 g/mol. The summed E-state index contributed by atoms with van der Waals surface area (Å²) >= 11 is 0. The molecule has 1 saturated heterocycles. The molecule has 17 heavy (non-hydrogen) atoms. The maximum atomic E-state index is 13.0. The van der Waals surface area contributed by atoms with Crippen LogP contribution in [-0.2, 0) is 4.79 Å². The van der Waals surface area contributed by atoms with Crippen LogP contribution in [0.5, 0.6) is 0 Å². The molecule has 0 spiro atoms. The Balaban J connectivity index is 1.84. The van der Waals surface area contributed by atoms with Crippen LogP contribution in [0, 0.1) is 5.92 Å². The Morgan fingerprint density at radius 2 is 1.65 bits per heavy atom. The van der Waals surface area contributed by atoms with E-state index in [-0.39, 0.29) is 43.8 Å². The molecular formula is C12H20F2N2O. The van der Waals surface area contributed by atoms with Crippen LogP contribution in [-0.4, -0.2) is 35.9 Å². The molecule has 3 nitrogen and oxygen atoms in total. The first kappa shape index (κ1) is 12.7. The van der Waals surface area contributed by atoms with Crippen LogP contribution >= 0.6 is 0 Å². The van der Waals surface area contributed by atoms with Gasteiger partial charge in [-0.3, -0.25) is 4.79 Å². The number of likely N-dealkylation sites (tertiary alicyclic amines) is 1. The van der Waals surface area contributed by atoms with Gasteiger partial charge in [0.05, 0.1) is 0 Å². The Morgan fingerprint density at radius 3 is 2.18 bits per heavy atom. The molecule has 0 radical (unpaired) electrons. The van der Waals surface area contributed by atoms with E-state index in [1.165, 1.54) is 0 Å². The van der Waals surface area contributed by atoms with Crippen LogP contribution < -0.4 is 5.73 Å². The molecule has 0 bridgehead atoms. The van der Waals surface area contributed by atoms with Crippen LogP contribution in [0.2, 0.25) is 0 Å². The van der Waals surface area contributed by atoms with E-state index in [4.69, 9.17) is 5.73 Å². The van der Waals surface area contributed by atoms with E-state index in [1.807, 2.05) is 0 Å². The average Bonchev–Trinajstić information content (AvgIpc) is 2.29. The van der Waals surface area contributed by atoms with Gasteiger partial charge in [0, 0.05) is 37.9 Å². The van der Waals surface area contributed by atoms with Gasteiger partial charge in [-0.15, -0.1) is 0 Å². The summed E-state index contributed by atoms with van der Waals surface area (Å²) in [6.07, 6.45) is 3.00. The zero-order valence-corrected chi connectivity index (χ0v) is 10.0. The smallest absolute Gasteiger partial charge is 0.251 e. The summed E-state index contributed by atoms with van der Waals surface area (Å²) in [5, 5.41) is 0. The lowest BCUT2D eigenvalue weighted by Crippen LogP contribution is -2.46. The Hall–Kier alpha value is -0.710. The number of amides is 1. The first-order valence-electron chi connectivity index (χ1n) is 6.40. The van der Waals surface area contributed by atoms with Crippen molar-refractivity contribution in [3.05, 3.63) is 0 Å². The lowest BCUT2D eigenvalue weighted by atomic mass is 9.85. The lowest BCUT2D eigenvalue weighted by Gasteiger charge is -2.35. The molecule has 0 atom stereocenters. The number of carbonyl (C=O) groups excluding carboxylic acids is 1. The molecule has 0 unspecified atom stereocenters. The molecule has 0 aromatic rings. The Morgan fingerprint density at radius 1 is 1.12 bits per heavy atom. The Bertz CT molecular complexity index is 278. The zero-order chi connectivity index (χ0) is 12.5. The maximum absolute atomic E-state index is 13.0. The van der Waals surface area contributed by atoms with E-state index >= 15 is 0 Å². The number of nitrogens with two attached hydrogens (primary N) is 1. The third kappa shape index (κ3) is 3.15. The maximum Gasteiger partial charge on any atom is 0.251 e. The van der Waals surface area contributed by atoms with Gasteiger partial charge in [0.15, 0.2) is 0 Å². The van der Waals surface area contributed by atoms with Crippen LogP contribution in [0.3, 0.4) is 0 Å². The van der Waals surface area contributed by atoms with Crippen LogP contribution in [0.1, 0.15) is 38.5 Å². The molecule has 2 aliphatic rings. The van der Waals surface area contributed by atoms with Gasteiger partial charge in [0.1, 0.15) is 0 Å². The number of alkyl halides is 2. The van der Waals surface area contributed by atoms with Gasteiger partial charge in [-0.1, -0.05) is 0 Å². The second-order valence-electron chi connectivity index (χ2n) is 5.29. The first-order chi connectivity index (χ1) is 7.98. The minimum absolute atomic E-state index is 0.0153. The van der Waals surface area contributed by atoms with Crippen LogP contribution in [0.15, 0.2) is 0 Å². The molecule has 1 aliphatic heterocycles. The molecule has 0 aromatic heterocycles. The van der Waals surface area contributed by atoms with Crippen molar-refractivity contribution in [2.45, 2.75) is 50.5 Å². The summed E-state index contributed by atoms with van der Waals surface area (Å²) in [5.41, 5.74) is 5.79. The van der Waals surface area contributed by atoms with Crippen molar-refractivity contribution < 1.29 is 13.6 Å². The van der Waals surface area contributed by atoms with Gasteiger partial charge in [0.2, 0.25) is 5.91 Å². The highest BCUT2D eigenvalue weighted by Gasteiger charge is 2.37. The fraction of sp³-hybridized carbons (Fsp3) is 0.917. The second kappa shape index (κ2) is 4.88. The minimum Gasteiger partial charge on any atom is -0.342 e. The van der Waals surface area contributed by atoms with Crippen molar-refractivity contribution >= 4 is 5.91 Å². The molecule has 1 saturated carbocycles. The van der Waals surface area contributed by atoms with Crippen molar-refractivity contribution in [1.29, 1.82) is 0 Å². The SMILES string of the molecule is NC1CCC(C(=O)N2CCC(F)(F)CC2)CC1. The Kier molecular flexibility index (Phi) is 3.66. The van der Waals surface area contributed by atoms with Gasteiger partial charge >= 0.3 is 0 Å². The van der Waals surface area contributed by atoms with Gasteiger partial charge in [-0.05, 0) is 25.7 Å². The molecule has 2 N–H and O–H groups in total.